The minimum Gasteiger partial charge on any atom is -0.495 e. The number of rotatable bonds is 3. The Morgan fingerprint density at radius 3 is 2.68 bits per heavy atom. The van der Waals surface area contributed by atoms with Crippen molar-refractivity contribution in [3.05, 3.63) is 46.2 Å². The molecule has 2 aromatic carbocycles. The highest BCUT2D eigenvalue weighted by Crippen LogP contribution is 2.33. The Bertz CT molecular complexity index is 617. The number of nitrogens with two attached hydrogens (primary N) is 1. The third-order valence-electron chi connectivity index (χ3n) is 2.82. The predicted molar refractivity (Wildman–Crippen MR) is 79.5 cm³/mol. The summed E-state index contributed by atoms with van der Waals surface area (Å²) in [6.07, 6.45) is 0. The molecule has 0 aliphatic carbocycles. The number of methoxy groups -OCH3 is 1. The van der Waals surface area contributed by atoms with Gasteiger partial charge in [0, 0.05) is 5.69 Å². The first kappa shape index (κ1) is 13.7. The van der Waals surface area contributed by atoms with Gasteiger partial charge >= 0.3 is 0 Å². The van der Waals surface area contributed by atoms with Crippen LogP contribution < -0.4 is 15.8 Å². The zero-order valence-electron chi connectivity index (χ0n) is 10.6. The largest absolute Gasteiger partial charge is 0.495 e. The maximum atomic E-state index is 13.4. The van der Waals surface area contributed by atoms with Gasteiger partial charge in [0.05, 0.1) is 23.0 Å². The van der Waals surface area contributed by atoms with Gasteiger partial charge in [0.2, 0.25) is 0 Å². The summed E-state index contributed by atoms with van der Waals surface area (Å²) >= 11 is 3.17. The average Bonchev–Trinajstić information content (AvgIpc) is 2.38. The lowest BCUT2D eigenvalue weighted by molar-refractivity contribution is 0.417. The molecule has 3 N–H and O–H groups in total. The van der Waals surface area contributed by atoms with Gasteiger partial charge in [-0.05, 0) is 52.7 Å². The molecular weight excluding hydrogens is 311 g/mol. The Morgan fingerprint density at radius 2 is 2.00 bits per heavy atom. The molecule has 0 unspecified atom stereocenters. The zero-order valence-corrected chi connectivity index (χ0v) is 12.2. The number of hydrogen-bond donors (Lipinski definition) is 2. The zero-order chi connectivity index (χ0) is 14.0. The maximum absolute atomic E-state index is 13.4. The Kier molecular flexibility index (Phi) is 3.95. The van der Waals surface area contributed by atoms with E-state index in [9.17, 15) is 4.39 Å². The number of benzene rings is 2. The molecular formula is C14H14BrFN2O. The highest BCUT2D eigenvalue weighted by atomic mass is 79.9. The first-order chi connectivity index (χ1) is 9.02. The number of hydrogen-bond acceptors (Lipinski definition) is 3. The van der Waals surface area contributed by atoms with E-state index in [4.69, 9.17) is 10.5 Å². The normalized spacial score (nSPS) is 10.3. The van der Waals surface area contributed by atoms with E-state index in [2.05, 4.69) is 21.2 Å². The summed E-state index contributed by atoms with van der Waals surface area (Å²) in [5.41, 5.74) is 8.81. The minimum atomic E-state index is -0.290. The summed E-state index contributed by atoms with van der Waals surface area (Å²) < 4.78 is 18.9. The second kappa shape index (κ2) is 5.48. The summed E-state index contributed by atoms with van der Waals surface area (Å²) in [6, 6.07) is 8.61. The van der Waals surface area contributed by atoms with Gasteiger partial charge in [0.1, 0.15) is 11.6 Å². The number of nitrogen functional groups attached to an aromatic ring is 1. The van der Waals surface area contributed by atoms with Crippen molar-refractivity contribution in [2.75, 3.05) is 18.2 Å². The molecule has 0 atom stereocenters. The molecule has 2 aromatic rings. The van der Waals surface area contributed by atoms with Crippen LogP contribution in [-0.4, -0.2) is 7.11 Å². The number of aryl methyl sites for hydroxylation is 1. The third-order valence-corrected chi connectivity index (χ3v) is 3.43. The van der Waals surface area contributed by atoms with Gasteiger partial charge in [-0.2, -0.15) is 0 Å². The van der Waals surface area contributed by atoms with Gasteiger partial charge in [-0.1, -0.05) is 6.07 Å². The van der Waals surface area contributed by atoms with Crippen LogP contribution in [0, 0.1) is 12.7 Å². The number of anilines is 3. The van der Waals surface area contributed by atoms with E-state index in [0.717, 1.165) is 16.9 Å². The van der Waals surface area contributed by atoms with Crippen molar-refractivity contribution >= 4 is 33.0 Å². The molecule has 0 fully saturated rings. The molecule has 0 aromatic heterocycles. The first-order valence-corrected chi connectivity index (χ1v) is 6.47. The number of ether oxygens (including phenoxy) is 1. The number of halogens is 2. The lowest BCUT2D eigenvalue weighted by atomic mass is 10.1. The molecule has 0 spiro atoms. The highest BCUT2D eigenvalue weighted by molar-refractivity contribution is 9.10. The summed E-state index contributed by atoms with van der Waals surface area (Å²) in [5, 5.41) is 3.18. The molecule has 2 rings (SSSR count). The molecule has 19 heavy (non-hydrogen) atoms. The van der Waals surface area contributed by atoms with Crippen LogP contribution in [0.1, 0.15) is 5.56 Å². The monoisotopic (exact) mass is 324 g/mol. The molecule has 0 saturated carbocycles. The summed E-state index contributed by atoms with van der Waals surface area (Å²) in [7, 11) is 1.56. The van der Waals surface area contributed by atoms with Crippen LogP contribution in [0.15, 0.2) is 34.8 Å². The van der Waals surface area contributed by atoms with E-state index in [1.807, 2.05) is 19.1 Å². The molecule has 100 valence electrons. The predicted octanol–water partition coefficient (Wildman–Crippen LogP) is 4.23. The Morgan fingerprint density at radius 1 is 1.26 bits per heavy atom. The molecule has 0 bridgehead atoms. The topological polar surface area (TPSA) is 47.3 Å². The summed E-state index contributed by atoms with van der Waals surface area (Å²) in [6.45, 7) is 1.83. The SMILES string of the molecule is COc1cccc(Nc2cc(Br)c(F)cc2C)c1N. The fourth-order valence-electron chi connectivity index (χ4n) is 1.76. The number of para-hydroxylation sites is 1. The van der Waals surface area contributed by atoms with Crippen molar-refractivity contribution in [3.8, 4) is 5.75 Å². The third kappa shape index (κ3) is 2.81. The minimum absolute atomic E-state index is 0.290. The smallest absolute Gasteiger partial charge is 0.143 e. The van der Waals surface area contributed by atoms with Crippen LogP contribution in [-0.2, 0) is 0 Å². The molecule has 3 nitrogen and oxygen atoms in total. The first-order valence-electron chi connectivity index (χ1n) is 5.68. The fraction of sp³-hybridized carbons (Fsp3) is 0.143. The van der Waals surface area contributed by atoms with E-state index in [1.54, 1.807) is 19.2 Å². The van der Waals surface area contributed by atoms with Crippen molar-refractivity contribution in [3.63, 3.8) is 0 Å². The van der Waals surface area contributed by atoms with Crippen molar-refractivity contribution in [1.29, 1.82) is 0 Å². The van der Waals surface area contributed by atoms with Gasteiger partial charge in [-0.25, -0.2) is 4.39 Å². The van der Waals surface area contributed by atoms with Crippen LogP contribution in [0.4, 0.5) is 21.5 Å². The van der Waals surface area contributed by atoms with Crippen molar-refractivity contribution in [1.82, 2.24) is 0 Å². The second-order valence-electron chi connectivity index (χ2n) is 4.13. The van der Waals surface area contributed by atoms with Gasteiger partial charge in [-0.3, -0.25) is 0 Å². The van der Waals surface area contributed by atoms with Gasteiger partial charge < -0.3 is 15.8 Å². The summed E-state index contributed by atoms with van der Waals surface area (Å²) in [4.78, 5) is 0. The molecule has 0 aliphatic rings. The average molecular weight is 325 g/mol. The fourth-order valence-corrected chi connectivity index (χ4v) is 2.10. The molecule has 0 heterocycles. The van der Waals surface area contributed by atoms with E-state index in [-0.39, 0.29) is 5.82 Å². The number of nitrogens with one attached hydrogen (secondary N) is 1. The molecule has 5 heteroatoms. The van der Waals surface area contributed by atoms with Gasteiger partial charge in [0.25, 0.3) is 0 Å². The standard InChI is InChI=1S/C14H14BrFN2O/c1-8-6-10(16)9(15)7-12(8)18-11-4-3-5-13(19-2)14(11)17/h3-7,18H,17H2,1-2H3. The highest BCUT2D eigenvalue weighted by Gasteiger charge is 2.09. The van der Waals surface area contributed by atoms with Crippen molar-refractivity contribution in [2.45, 2.75) is 6.92 Å². The Labute approximate surface area is 119 Å². The Balaban J connectivity index is 2.39. The molecule has 0 aliphatic heterocycles. The van der Waals surface area contributed by atoms with Crippen LogP contribution in [0.5, 0.6) is 5.75 Å². The van der Waals surface area contributed by atoms with Crippen LogP contribution in [0.3, 0.4) is 0 Å². The molecule has 0 amide bonds. The van der Waals surface area contributed by atoms with Crippen LogP contribution in [0.2, 0.25) is 0 Å². The maximum Gasteiger partial charge on any atom is 0.143 e. The summed E-state index contributed by atoms with van der Waals surface area (Å²) in [5.74, 6) is 0.311. The van der Waals surface area contributed by atoms with Crippen LogP contribution >= 0.6 is 15.9 Å². The van der Waals surface area contributed by atoms with E-state index < -0.39 is 0 Å². The lowest BCUT2D eigenvalue weighted by Crippen LogP contribution is -2.00. The van der Waals surface area contributed by atoms with E-state index in [1.165, 1.54) is 6.07 Å². The second-order valence-corrected chi connectivity index (χ2v) is 4.98. The van der Waals surface area contributed by atoms with Gasteiger partial charge in [-0.15, -0.1) is 0 Å². The van der Waals surface area contributed by atoms with E-state index >= 15 is 0 Å². The quantitative estimate of drug-likeness (QED) is 0.830. The van der Waals surface area contributed by atoms with Crippen LogP contribution in [0.25, 0.3) is 0 Å². The van der Waals surface area contributed by atoms with Gasteiger partial charge in [0.15, 0.2) is 0 Å². The molecule has 0 radical (unpaired) electrons. The van der Waals surface area contributed by atoms with Crippen molar-refractivity contribution in [2.24, 2.45) is 0 Å². The van der Waals surface area contributed by atoms with Crippen molar-refractivity contribution < 1.29 is 9.13 Å². The Hall–Kier alpha value is -1.75. The van der Waals surface area contributed by atoms with E-state index in [0.29, 0.717) is 15.9 Å². The molecule has 0 saturated heterocycles. The lowest BCUT2D eigenvalue weighted by Gasteiger charge is -2.14.